The van der Waals surface area contributed by atoms with Gasteiger partial charge in [0.1, 0.15) is 11.7 Å². The first-order chi connectivity index (χ1) is 9.70. The Bertz CT molecular complexity index is 664. The number of anilines is 1. The van der Waals surface area contributed by atoms with Crippen LogP contribution in [0.15, 0.2) is 42.5 Å². The number of para-hydroxylation sites is 1. The van der Waals surface area contributed by atoms with Crippen LogP contribution in [0.5, 0.6) is 0 Å². The third kappa shape index (κ3) is 2.09. The molecule has 102 valence electrons. The number of nitrogens with zero attached hydrogens (tertiary/aromatic N) is 1. The number of hydrogen-bond donors (Lipinski definition) is 1. The molecule has 1 N–H and O–H groups in total. The van der Waals surface area contributed by atoms with Crippen LogP contribution in [0.1, 0.15) is 30.0 Å². The predicted octanol–water partition coefficient (Wildman–Crippen LogP) is 4.12. The molecule has 0 radical (unpaired) electrons. The molecular weight excluding hydrogens is 251 g/mol. The quantitative estimate of drug-likeness (QED) is 0.890. The average molecular weight is 268 g/mol. The summed E-state index contributed by atoms with van der Waals surface area (Å²) in [5.74, 6) is 0.111. The van der Waals surface area contributed by atoms with Crippen LogP contribution in [-0.4, -0.2) is 5.84 Å². The van der Waals surface area contributed by atoms with E-state index in [1.54, 1.807) is 6.07 Å². The van der Waals surface area contributed by atoms with E-state index in [0.29, 0.717) is 17.9 Å². The van der Waals surface area contributed by atoms with Gasteiger partial charge >= 0.3 is 0 Å². The Morgan fingerprint density at radius 2 is 2.00 bits per heavy atom. The SMILES string of the molecule is CCCc1ccccc1N1Cc2ccc(F)cc2C1=N. The molecule has 3 heteroatoms. The number of benzene rings is 2. The Morgan fingerprint density at radius 1 is 1.20 bits per heavy atom. The molecule has 1 aliphatic heterocycles. The molecule has 3 rings (SSSR count). The minimum absolute atomic E-state index is 0.280. The summed E-state index contributed by atoms with van der Waals surface area (Å²) < 4.78 is 13.3. The Hall–Kier alpha value is -2.16. The molecule has 0 bridgehead atoms. The average Bonchev–Trinajstić information content (AvgIpc) is 2.77. The molecule has 0 unspecified atom stereocenters. The maximum Gasteiger partial charge on any atom is 0.133 e. The zero-order chi connectivity index (χ0) is 14.1. The normalized spacial score (nSPS) is 13.7. The first kappa shape index (κ1) is 12.9. The molecule has 0 aromatic heterocycles. The van der Waals surface area contributed by atoms with Gasteiger partial charge in [-0.2, -0.15) is 0 Å². The molecule has 2 aromatic carbocycles. The van der Waals surface area contributed by atoms with E-state index < -0.39 is 0 Å². The fourth-order valence-corrected chi connectivity index (χ4v) is 2.76. The monoisotopic (exact) mass is 268 g/mol. The lowest BCUT2D eigenvalue weighted by Crippen LogP contribution is -2.24. The van der Waals surface area contributed by atoms with Gasteiger partial charge in [-0.3, -0.25) is 5.41 Å². The van der Waals surface area contributed by atoms with Gasteiger partial charge in [0.15, 0.2) is 0 Å². The summed E-state index contributed by atoms with van der Waals surface area (Å²) in [4.78, 5) is 1.97. The van der Waals surface area contributed by atoms with E-state index in [4.69, 9.17) is 5.41 Å². The highest BCUT2D eigenvalue weighted by atomic mass is 19.1. The lowest BCUT2D eigenvalue weighted by Gasteiger charge is -2.21. The summed E-state index contributed by atoms with van der Waals surface area (Å²) in [7, 11) is 0. The molecule has 0 fully saturated rings. The number of nitrogens with one attached hydrogen (secondary N) is 1. The first-order valence-corrected chi connectivity index (χ1v) is 6.93. The molecule has 2 aromatic rings. The van der Waals surface area contributed by atoms with E-state index in [1.165, 1.54) is 17.7 Å². The second kappa shape index (κ2) is 5.08. The van der Waals surface area contributed by atoms with Gasteiger partial charge in [-0.1, -0.05) is 37.6 Å². The maximum absolute atomic E-state index is 13.3. The van der Waals surface area contributed by atoms with Gasteiger partial charge in [0.2, 0.25) is 0 Å². The number of aryl methyl sites for hydroxylation is 1. The topological polar surface area (TPSA) is 27.1 Å². The van der Waals surface area contributed by atoms with Gasteiger partial charge in [0, 0.05) is 11.3 Å². The van der Waals surface area contributed by atoms with Crippen molar-refractivity contribution in [2.45, 2.75) is 26.3 Å². The molecule has 1 aliphatic rings. The van der Waals surface area contributed by atoms with Crippen LogP contribution in [0, 0.1) is 11.2 Å². The summed E-state index contributed by atoms with van der Waals surface area (Å²) in [6.45, 7) is 2.80. The maximum atomic E-state index is 13.3. The van der Waals surface area contributed by atoms with Crippen LogP contribution in [0.25, 0.3) is 0 Å². The van der Waals surface area contributed by atoms with Crippen molar-refractivity contribution in [3.8, 4) is 0 Å². The van der Waals surface area contributed by atoms with Crippen LogP contribution in [-0.2, 0) is 13.0 Å². The van der Waals surface area contributed by atoms with Crippen LogP contribution in [0.2, 0.25) is 0 Å². The smallest absolute Gasteiger partial charge is 0.133 e. The Kier molecular flexibility index (Phi) is 3.26. The molecule has 20 heavy (non-hydrogen) atoms. The summed E-state index contributed by atoms with van der Waals surface area (Å²) >= 11 is 0. The third-order valence-electron chi connectivity index (χ3n) is 3.73. The number of amidine groups is 1. The van der Waals surface area contributed by atoms with Gasteiger partial charge < -0.3 is 4.90 Å². The third-order valence-corrected chi connectivity index (χ3v) is 3.73. The first-order valence-electron chi connectivity index (χ1n) is 6.93. The van der Waals surface area contributed by atoms with Crippen molar-refractivity contribution >= 4 is 11.5 Å². The molecule has 0 saturated carbocycles. The van der Waals surface area contributed by atoms with Gasteiger partial charge in [-0.25, -0.2) is 4.39 Å². The van der Waals surface area contributed by atoms with Gasteiger partial charge in [0.05, 0.1) is 6.54 Å². The molecule has 0 spiro atoms. The van der Waals surface area contributed by atoms with E-state index in [-0.39, 0.29) is 5.82 Å². The molecule has 0 saturated heterocycles. The number of hydrogen-bond acceptors (Lipinski definition) is 1. The Labute approximate surface area is 118 Å². The second-order valence-electron chi connectivity index (χ2n) is 5.11. The summed E-state index contributed by atoms with van der Waals surface area (Å²) in [5, 5.41) is 8.31. The molecule has 1 heterocycles. The van der Waals surface area contributed by atoms with Gasteiger partial charge in [-0.15, -0.1) is 0 Å². The Morgan fingerprint density at radius 3 is 2.80 bits per heavy atom. The summed E-state index contributed by atoms with van der Waals surface area (Å²) in [5.41, 5.74) is 4.03. The minimum atomic E-state index is -0.280. The van der Waals surface area contributed by atoms with Crippen molar-refractivity contribution in [3.05, 3.63) is 65.0 Å². The molecule has 0 aliphatic carbocycles. The Balaban J connectivity index is 2.00. The van der Waals surface area contributed by atoms with Crippen LogP contribution < -0.4 is 4.90 Å². The largest absolute Gasteiger partial charge is 0.322 e. The summed E-state index contributed by atoms with van der Waals surface area (Å²) in [6.07, 6.45) is 2.06. The van der Waals surface area contributed by atoms with E-state index >= 15 is 0 Å². The predicted molar refractivity (Wildman–Crippen MR) is 79.8 cm³/mol. The van der Waals surface area contributed by atoms with Crippen molar-refractivity contribution in [3.63, 3.8) is 0 Å². The van der Waals surface area contributed by atoms with Crippen molar-refractivity contribution in [2.24, 2.45) is 0 Å². The fourth-order valence-electron chi connectivity index (χ4n) is 2.76. The van der Waals surface area contributed by atoms with E-state index in [0.717, 1.165) is 24.1 Å². The van der Waals surface area contributed by atoms with Gasteiger partial charge in [-0.05, 0) is 35.7 Å². The lowest BCUT2D eigenvalue weighted by molar-refractivity contribution is 0.627. The van der Waals surface area contributed by atoms with Crippen molar-refractivity contribution in [2.75, 3.05) is 4.90 Å². The van der Waals surface area contributed by atoms with Crippen LogP contribution in [0.4, 0.5) is 10.1 Å². The van der Waals surface area contributed by atoms with E-state index in [2.05, 4.69) is 13.0 Å². The highest BCUT2D eigenvalue weighted by Crippen LogP contribution is 2.31. The highest BCUT2D eigenvalue weighted by Gasteiger charge is 2.26. The summed E-state index contributed by atoms with van der Waals surface area (Å²) in [6, 6.07) is 12.9. The standard InChI is InChI=1S/C17H17FN2/c1-2-5-12-6-3-4-7-16(12)20-11-13-8-9-14(18)10-15(13)17(20)19/h3-4,6-10,19H,2,5,11H2,1H3. The molecule has 0 atom stereocenters. The number of halogens is 1. The van der Waals surface area contributed by atoms with E-state index in [1.807, 2.05) is 23.1 Å². The molecule has 2 nitrogen and oxygen atoms in total. The molecule has 0 amide bonds. The van der Waals surface area contributed by atoms with Crippen molar-refractivity contribution < 1.29 is 4.39 Å². The van der Waals surface area contributed by atoms with Crippen LogP contribution in [0.3, 0.4) is 0 Å². The van der Waals surface area contributed by atoms with Crippen LogP contribution >= 0.6 is 0 Å². The fraction of sp³-hybridized carbons (Fsp3) is 0.235. The number of fused-ring (bicyclic) bond motifs is 1. The highest BCUT2D eigenvalue weighted by molar-refractivity contribution is 6.12. The van der Waals surface area contributed by atoms with Crippen molar-refractivity contribution in [1.29, 1.82) is 5.41 Å². The zero-order valence-electron chi connectivity index (χ0n) is 11.5. The lowest BCUT2D eigenvalue weighted by atomic mass is 10.1. The van der Waals surface area contributed by atoms with Gasteiger partial charge in [0.25, 0.3) is 0 Å². The number of rotatable bonds is 3. The van der Waals surface area contributed by atoms with Crippen molar-refractivity contribution in [1.82, 2.24) is 0 Å². The minimum Gasteiger partial charge on any atom is -0.322 e. The second-order valence-corrected chi connectivity index (χ2v) is 5.11. The molecular formula is C17H17FN2. The van der Waals surface area contributed by atoms with E-state index in [9.17, 15) is 4.39 Å². The zero-order valence-corrected chi connectivity index (χ0v) is 11.5.